The standard InChI is InChI=1S/C19H19N3O/c1-22-13-18(21-14-22)11-12-20-19(23)17-9-7-16(8-10-17)15-5-3-2-4-6-15/h2-10,13-14H,11-12H2,1H3,(H,20,23). The Kier molecular flexibility index (Phi) is 4.52. The van der Waals surface area contributed by atoms with Crippen LogP contribution in [0.5, 0.6) is 0 Å². The first kappa shape index (κ1) is 15.0. The smallest absolute Gasteiger partial charge is 0.251 e. The molecular formula is C19H19N3O. The second-order valence-electron chi connectivity index (χ2n) is 5.48. The quantitative estimate of drug-likeness (QED) is 0.787. The largest absolute Gasteiger partial charge is 0.352 e. The molecule has 23 heavy (non-hydrogen) atoms. The maximum absolute atomic E-state index is 12.2. The molecule has 0 spiro atoms. The summed E-state index contributed by atoms with van der Waals surface area (Å²) in [5.74, 6) is -0.0551. The van der Waals surface area contributed by atoms with Crippen molar-refractivity contribution in [3.63, 3.8) is 0 Å². The van der Waals surface area contributed by atoms with Crippen LogP contribution >= 0.6 is 0 Å². The molecule has 0 bridgehead atoms. The van der Waals surface area contributed by atoms with Crippen LogP contribution in [0, 0.1) is 0 Å². The molecule has 4 heteroatoms. The fraction of sp³-hybridized carbons (Fsp3) is 0.158. The number of nitrogens with zero attached hydrogens (tertiary/aromatic N) is 2. The van der Waals surface area contributed by atoms with E-state index in [0.29, 0.717) is 12.1 Å². The maximum Gasteiger partial charge on any atom is 0.251 e. The number of aromatic nitrogens is 2. The van der Waals surface area contributed by atoms with Crippen molar-refractivity contribution in [1.29, 1.82) is 0 Å². The second-order valence-corrected chi connectivity index (χ2v) is 5.48. The molecule has 0 saturated carbocycles. The van der Waals surface area contributed by atoms with Crippen LogP contribution < -0.4 is 5.32 Å². The minimum absolute atomic E-state index is 0.0551. The summed E-state index contributed by atoms with van der Waals surface area (Å²) in [6, 6.07) is 17.8. The van der Waals surface area contributed by atoms with E-state index < -0.39 is 0 Å². The summed E-state index contributed by atoms with van der Waals surface area (Å²) in [5, 5.41) is 2.93. The van der Waals surface area contributed by atoms with Gasteiger partial charge in [0, 0.05) is 31.8 Å². The number of benzene rings is 2. The lowest BCUT2D eigenvalue weighted by atomic mass is 10.0. The van der Waals surface area contributed by atoms with Gasteiger partial charge in [-0.2, -0.15) is 0 Å². The van der Waals surface area contributed by atoms with Crippen LogP contribution in [0.25, 0.3) is 11.1 Å². The zero-order valence-corrected chi connectivity index (χ0v) is 13.1. The zero-order valence-electron chi connectivity index (χ0n) is 13.1. The third kappa shape index (κ3) is 3.86. The van der Waals surface area contributed by atoms with Crippen molar-refractivity contribution in [2.24, 2.45) is 7.05 Å². The van der Waals surface area contributed by atoms with Gasteiger partial charge in [0.2, 0.25) is 0 Å². The molecule has 0 aliphatic heterocycles. The van der Waals surface area contributed by atoms with Crippen LogP contribution in [0.15, 0.2) is 67.1 Å². The van der Waals surface area contributed by atoms with Gasteiger partial charge in [-0.25, -0.2) is 4.98 Å². The van der Waals surface area contributed by atoms with E-state index in [2.05, 4.69) is 22.4 Å². The van der Waals surface area contributed by atoms with Gasteiger partial charge in [-0.1, -0.05) is 42.5 Å². The number of hydrogen-bond acceptors (Lipinski definition) is 2. The summed E-state index contributed by atoms with van der Waals surface area (Å²) < 4.78 is 1.90. The van der Waals surface area contributed by atoms with E-state index in [-0.39, 0.29) is 5.91 Å². The van der Waals surface area contributed by atoms with Crippen molar-refractivity contribution >= 4 is 5.91 Å². The van der Waals surface area contributed by atoms with Crippen molar-refractivity contribution in [3.05, 3.63) is 78.4 Å². The molecule has 0 fully saturated rings. The third-order valence-electron chi connectivity index (χ3n) is 3.68. The summed E-state index contributed by atoms with van der Waals surface area (Å²) in [5.41, 5.74) is 3.91. The molecule has 3 aromatic rings. The molecule has 116 valence electrons. The summed E-state index contributed by atoms with van der Waals surface area (Å²) in [4.78, 5) is 16.4. The first-order valence-corrected chi connectivity index (χ1v) is 7.63. The Bertz CT molecular complexity index is 776. The zero-order chi connectivity index (χ0) is 16.1. The molecule has 0 unspecified atom stereocenters. The Balaban J connectivity index is 1.57. The van der Waals surface area contributed by atoms with Crippen molar-refractivity contribution < 1.29 is 4.79 Å². The molecule has 1 aromatic heterocycles. The van der Waals surface area contributed by atoms with E-state index in [9.17, 15) is 4.79 Å². The molecule has 0 aliphatic rings. The van der Waals surface area contributed by atoms with Gasteiger partial charge in [-0.15, -0.1) is 0 Å². The number of rotatable bonds is 5. The van der Waals surface area contributed by atoms with Crippen LogP contribution in [0.3, 0.4) is 0 Å². The molecule has 4 nitrogen and oxygen atoms in total. The minimum Gasteiger partial charge on any atom is -0.352 e. The van der Waals surface area contributed by atoms with Gasteiger partial charge < -0.3 is 9.88 Å². The van der Waals surface area contributed by atoms with Gasteiger partial charge in [0.25, 0.3) is 5.91 Å². The number of amides is 1. The van der Waals surface area contributed by atoms with E-state index in [1.807, 2.05) is 60.3 Å². The molecular weight excluding hydrogens is 286 g/mol. The lowest BCUT2D eigenvalue weighted by molar-refractivity contribution is 0.0954. The van der Waals surface area contributed by atoms with E-state index >= 15 is 0 Å². The minimum atomic E-state index is -0.0551. The Hall–Kier alpha value is -2.88. The van der Waals surface area contributed by atoms with E-state index in [0.717, 1.165) is 23.2 Å². The van der Waals surface area contributed by atoms with Gasteiger partial charge in [0.1, 0.15) is 0 Å². The summed E-state index contributed by atoms with van der Waals surface area (Å²) in [7, 11) is 1.93. The van der Waals surface area contributed by atoms with Gasteiger partial charge in [0.05, 0.1) is 12.0 Å². The van der Waals surface area contributed by atoms with Crippen molar-refractivity contribution in [3.8, 4) is 11.1 Å². The van der Waals surface area contributed by atoms with Crippen molar-refractivity contribution in [1.82, 2.24) is 14.9 Å². The predicted molar refractivity (Wildman–Crippen MR) is 91.1 cm³/mol. The Morgan fingerprint density at radius 3 is 2.39 bits per heavy atom. The fourth-order valence-corrected chi connectivity index (χ4v) is 2.45. The highest BCUT2D eigenvalue weighted by atomic mass is 16.1. The van der Waals surface area contributed by atoms with Gasteiger partial charge in [-0.05, 0) is 23.3 Å². The monoisotopic (exact) mass is 305 g/mol. The van der Waals surface area contributed by atoms with Gasteiger partial charge in [0.15, 0.2) is 0 Å². The lowest BCUT2D eigenvalue weighted by Gasteiger charge is -2.06. The van der Waals surface area contributed by atoms with E-state index in [1.54, 1.807) is 6.33 Å². The van der Waals surface area contributed by atoms with Crippen LogP contribution in [-0.2, 0) is 13.5 Å². The highest BCUT2D eigenvalue weighted by Gasteiger charge is 2.06. The molecule has 0 atom stereocenters. The Morgan fingerprint density at radius 2 is 1.74 bits per heavy atom. The van der Waals surface area contributed by atoms with Crippen LogP contribution in [-0.4, -0.2) is 22.0 Å². The fourth-order valence-electron chi connectivity index (χ4n) is 2.45. The van der Waals surface area contributed by atoms with Gasteiger partial charge >= 0.3 is 0 Å². The van der Waals surface area contributed by atoms with E-state index in [1.165, 1.54) is 0 Å². The maximum atomic E-state index is 12.2. The molecule has 2 aromatic carbocycles. The van der Waals surface area contributed by atoms with Crippen LogP contribution in [0.4, 0.5) is 0 Å². The second kappa shape index (κ2) is 6.92. The van der Waals surface area contributed by atoms with Crippen molar-refractivity contribution in [2.75, 3.05) is 6.54 Å². The highest BCUT2D eigenvalue weighted by Crippen LogP contribution is 2.19. The third-order valence-corrected chi connectivity index (χ3v) is 3.68. The molecule has 1 amide bonds. The number of carbonyl (C=O) groups excluding carboxylic acids is 1. The van der Waals surface area contributed by atoms with E-state index in [4.69, 9.17) is 0 Å². The molecule has 1 heterocycles. The SMILES string of the molecule is Cn1cnc(CCNC(=O)c2ccc(-c3ccccc3)cc2)c1. The lowest BCUT2D eigenvalue weighted by Crippen LogP contribution is -2.25. The summed E-state index contributed by atoms with van der Waals surface area (Å²) >= 11 is 0. The number of hydrogen-bond donors (Lipinski definition) is 1. The number of carbonyl (C=O) groups is 1. The summed E-state index contributed by atoms with van der Waals surface area (Å²) in [6.07, 6.45) is 4.45. The van der Waals surface area contributed by atoms with Crippen molar-refractivity contribution in [2.45, 2.75) is 6.42 Å². The first-order chi connectivity index (χ1) is 11.2. The molecule has 1 N–H and O–H groups in total. The van der Waals surface area contributed by atoms with Crippen LogP contribution in [0.1, 0.15) is 16.1 Å². The average Bonchev–Trinajstić information content (AvgIpc) is 3.01. The Morgan fingerprint density at radius 1 is 1.04 bits per heavy atom. The average molecular weight is 305 g/mol. The molecule has 3 rings (SSSR count). The normalized spacial score (nSPS) is 10.5. The topological polar surface area (TPSA) is 46.9 Å². The van der Waals surface area contributed by atoms with Crippen LogP contribution in [0.2, 0.25) is 0 Å². The number of aryl methyl sites for hydroxylation is 1. The molecule has 0 saturated heterocycles. The number of imidazole rings is 1. The first-order valence-electron chi connectivity index (χ1n) is 7.63. The Labute approximate surface area is 135 Å². The predicted octanol–water partition coefficient (Wildman–Crippen LogP) is 3.06. The van der Waals surface area contributed by atoms with Gasteiger partial charge in [-0.3, -0.25) is 4.79 Å². The molecule has 0 aliphatic carbocycles. The number of nitrogens with one attached hydrogen (secondary N) is 1. The highest BCUT2D eigenvalue weighted by molar-refractivity contribution is 5.94. The molecule has 0 radical (unpaired) electrons. The summed E-state index contributed by atoms with van der Waals surface area (Å²) in [6.45, 7) is 0.580.